The molecular formula is C17H20ClN3. The van der Waals surface area contributed by atoms with E-state index in [0.29, 0.717) is 11.1 Å². The molecule has 0 N–H and O–H groups in total. The Bertz CT molecular complexity index is 654. The molecule has 2 heterocycles. The number of anilines is 2. The van der Waals surface area contributed by atoms with Crippen LogP contribution in [0.25, 0.3) is 0 Å². The van der Waals surface area contributed by atoms with Gasteiger partial charge in [-0.05, 0) is 29.9 Å². The van der Waals surface area contributed by atoms with Gasteiger partial charge in [0.2, 0.25) is 0 Å². The number of para-hydroxylation sites is 1. The van der Waals surface area contributed by atoms with Crippen molar-refractivity contribution in [3.8, 4) is 0 Å². The van der Waals surface area contributed by atoms with Crippen LogP contribution in [0.5, 0.6) is 0 Å². The van der Waals surface area contributed by atoms with Crippen LogP contribution < -0.4 is 4.90 Å². The van der Waals surface area contributed by atoms with Gasteiger partial charge in [-0.2, -0.15) is 0 Å². The minimum Gasteiger partial charge on any atom is -0.325 e. The largest absolute Gasteiger partial charge is 0.325 e. The Balaban J connectivity index is 2.15. The molecule has 1 aliphatic heterocycles. The van der Waals surface area contributed by atoms with Gasteiger partial charge in [0.1, 0.15) is 17.3 Å². The van der Waals surface area contributed by atoms with Gasteiger partial charge in [0.15, 0.2) is 0 Å². The Labute approximate surface area is 131 Å². The average molecular weight is 302 g/mol. The Hall–Kier alpha value is -1.61. The van der Waals surface area contributed by atoms with E-state index < -0.39 is 0 Å². The summed E-state index contributed by atoms with van der Waals surface area (Å²) < 4.78 is 0. The summed E-state index contributed by atoms with van der Waals surface area (Å²) in [6.45, 7) is 7.51. The molecule has 0 fully saturated rings. The zero-order valence-corrected chi connectivity index (χ0v) is 13.4. The summed E-state index contributed by atoms with van der Waals surface area (Å²) in [7, 11) is 0. The van der Waals surface area contributed by atoms with Crippen molar-refractivity contribution in [2.75, 3.05) is 11.4 Å². The normalized spacial score (nSPS) is 18.0. The van der Waals surface area contributed by atoms with Gasteiger partial charge in [0.25, 0.3) is 0 Å². The summed E-state index contributed by atoms with van der Waals surface area (Å²) in [5.41, 5.74) is 3.65. The number of benzene rings is 1. The van der Waals surface area contributed by atoms with Crippen molar-refractivity contribution in [1.82, 2.24) is 9.97 Å². The lowest BCUT2D eigenvalue weighted by Gasteiger charge is -2.35. The van der Waals surface area contributed by atoms with E-state index >= 15 is 0 Å². The molecule has 0 radical (unpaired) electrons. The van der Waals surface area contributed by atoms with Gasteiger partial charge in [0.05, 0.1) is 0 Å². The molecule has 0 spiro atoms. The Morgan fingerprint density at radius 2 is 2.00 bits per heavy atom. The van der Waals surface area contributed by atoms with Crippen LogP contribution in [0.2, 0.25) is 5.15 Å². The summed E-state index contributed by atoms with van der Waals surface area (Å²) in [4.78, 5) is 11.0. The third kappa shape index (κ3) is 2.62. The maximum atomic E-state index is 6.33. The Kier molecular flexibility index (Phi) is 3.85. The van der Waals surface area contributed by atoms with Crippen molar-refractivity contribution in [3.05, 3.63) is 46.9 Å². The third-order valence-electron chi connectivity index (χ3n) is 3.99. The molecule has 0 saturated carbocycles. The van der Waals surface area contributed by atoms with E-state index in [0.717, 1.165) is 24.3 Å². The van der Waals surface area contributed by atoms with E-state index in [-0.39, 0.29) is 5.92 Å². The number of hydrogen-bond donors (Lipinski definition) is 0. The van der Waals surface area contributed by atoms with Crippen LogP contribution in [-0.4, -0.2) is 16.5 Å². The van der Waals surface area contributed by atoms with Crippen LogP contribution >= 0.6 is 11.6 Å². The van der Waals surface area contributed by atoms with Crippen LogP contribution in [0.3, 0.4) is 0 Å². The first-order valence-electron chi connectivity index (χ1n) is 7.43. The predicted octanol–water partition coefficient (Wildman–Crippen LogP) is 4.58. The van der Waals surface area contributed by atoms with Crippen LogP contribution in [0.4, 0.5) is 11.5 Å². The first-order valence-corrected chi connectivity index (χ1v) is 7.81. The number of rotatable bonds is 2. The van der Waals surface area contributed by atoms with E-state index in [4.69, 9.17) is 11.6 Å². The van der Waals surface area contributed by atoms with E-state index in [2.05, 4.69) is 59.9 Å². The fraction of sp³-hybridized carbons (Fsp3) is 0.412. The molecule has 1 aromatic heterocycles. The summed E-state index contributed by atoms with van der Waals surface area (Å²) in [6, 6.07) is 8.56. The zero-order chi connectivity index (χ0) is 15.0. The fourth-order valence-corrected chi connectivity index (χ4v) is 3.42. The molecule has 0 bridgehead atoms. The van der Waals surface area contributed by atoms with Gasteiger partial charge in [-0.25, -0.2) is 9.97 Å². The highest BCUT2D eigenvalue weighted by Gasteiger charge is 2.27. The number of halogens is 1. The second-order valence-corrected chi connectivity index (χ2v) is 6.46. The van der Waals surface area contributed by atoms with Crippen molar-refractivity contribution < 1.29 is 0 Å². The minimum absolute atomic E-state index is 0.290. The molecule has 2 aromatic rings. The van der Waals surface area contributed by atoms with E-state index in [1.165, 1.54) is 11.3 Å². The highest BCUT2D eigenvalue weighted by Crippen LogP contribution is 2.39. The Morgan fingerprint density at radius 1 is 1.24 bits per heavy atom. The molecular weight excluding hydrogens is 282 g/mol. The molecule has 0 saturated heterocycles. The van der Waals surface area contributed by atoms with Gasteiger partial charge < -0.3 is 4.90 Å². The molecule has 0 aliphatic carbocycles. The van der Waals surface area contributed by atoms with Gasteiger partial charge in [-0.3, -0.25) is 0 Å². The number of aromatic nitrogens is 2. The highest BCUT2D eigenvalue weighted by molar-refractivity contribution is 6.30. The topological polar surface area (TPSA) is 29.0 Å². The van der Waals surface area contributed by atoms with Gasteiger partial charge in [0, 0.05) is 17.8 Å². The van der Waals surface area contributed by atoms with Crippen molar-refractivity contribution in [2.45, 2.75) is 33.1 Å². The standard InChI is InChI=1S/C17H20ClN3/c1-11(2)15-16(18)19-10-20-17(15)21-9-12(3)8-13-6-4-5-7-14(13)21/h4-7,10-12H,8-9H2,1-3H3. The second-order valence-electron chi connectivity index (χ2n) is 6.11. The first kappa shape index (κ1) is 14.3. The zero-order valence-electron chi connectivity index (χ0n) is 12.7. The van der Waals surface area contributed by atoms with Crippen molar-refractivity contribution >= 4 is 23.1 Å². The maximum Gasteiger partial charge on any atom is 0.141 e. The van der Waals surface area contributed by atoms with Crippen molar-refractivity contribution in [3.63, 3.8) is 0 Å². The van der Waals surface area contributed by atoms with Gasteiger partial charge >= 0.3 is 0 Å². The lowest BCUT2D eigenvalue weighted by Crippen LogP contribution is -2.32. The van der Waals surface area contributed by atoms with Gasteiger partial charge in [-0.15, -0.1) is 0 Å². The van der Waals surface area contributed by atoms with Crippen LogP contribution in [0, 0.1) is 5.92 Å². The van der Waals surface area contributed by atoms with Crippen molar-refractivity contribution in [1.29, 1.82) is 0 Å². The summed E-state index contributed by atoms with van der Waals surface area (Å²) >= 11 is 6.33. The summed E-state index contributed by atoms with van der Waals surface area (Å²) in [5, 5.41) is 0.561. The Morgan fingerprint density at radius 3 is 2.76 bits per heavy atom. The molecule has 0 amide bonds. The smallest absolute Gasteiger partial charge is 0.141 e. The molecule has 110 valence electrons. The molecule has 1 aliphatic rings. The lowest BCUT2D eigenvalue weighted by molar-refractivity contribution is 0.558. The minimum atomic E-state index is 0.290. The first-order chi connectivity index (χ1) is 10.1. The summed E-state index contributed by atoms with van der Waals surface area (Å²) in [5.74, 6) is 1.83. The molecule has 3 nitrogen and oxygen atoms in total. The van der Waals surface area contributed by atoms with Crippen molar-refractivity contribution in [2.24, 2.45) is 5.92 Å². The maximum absolute atomic E-state index is 6.33. The molecule has 1 aromatic carbocycles. The molecule has 3 rings (SSSR count). The van der Waals surface area contributed by atoms with Crippen LogP contribution in [-0.2, 0) is 6.42 Å². The number of nitrogens with zero attached hydrogens (tertiary/aromatic N) is 3. The number of fused-ring (bicyclic) bond motifs is 1. The van der Waals surface area contributed by atoms with E-state index in [1.807, 2.05) is 0 Å². The third-order valence-corrected chi connectivity index (χ3v) is 4.29. The molecule has 1 unspecified atom stereocenters. The molecule has 1 atom stereocenters. The van der Waals surface area contributed by atoms with Crippen LogP contribution in [0.15, 0.2) is 30.6 Å². The van der Waals surface area contributed by atoms with E-state index in [9.17, 15) is 0 Å². The molecule has 4 heteroatoms. The summed E-state index contributed by atoms with van der Waals surface area (Å²) in [6.07, 6.45) is 2.67. The fourth-order valence-electron chi connectivity index (χ4n) is 3.07. The lowest BCUT2D eigenvalue weighted by atomic mass is 9.93. The second kappa shape index (κ2) is 5.64. The molecule has 21 heavy (non-hydrogen) atoms. The SMILES string of the molecule is CC1Cc2ccccc2N(c2ncnc(Cl)c2C(C)C)C1. The van der Waals surface area contributed by atoms with E-state index in [1.54, 1.807) is 6.33 Å². The number of hydrogen-bond acceptors (Lipinski definition) is 3. The monoisotopic (exact) mass is 301 g/mol. The van der Waals surface area contributed by atoms with Gasteiger partial charge in [-0.1, -0.05) is 50.6 Å². The van der Waals surface area contributed by atoms with Crippen LogP contribution in [0.1, 0.15) is 37.8 Å². The quantitative estimate of drug-likeness (QED) is 0.760. The highest BCUT2D eigenvalue weighted by atomic mass is 35.5. The average Bonchev–Trinajstić information content (AvgIpc) is 2.45. The predicted molar refractivity (Wildman–Crippen MR) is 87.4 cm³/mol.